The zero-order valence-corrected chi connectivity index (χ0v) is 13.2. The molecular formula is C14H18Cl2N2O3. The van der Waals surface area contributed by atoms with E-state index >= 15 is 0 Å². The summed E-state index contributed by atoms with van der Waals surface area (Å²) in [5.74, 6) is -0.987. The van der Waals surface area contributed by atoms with Gasteiger partial charge in [0.05, 0.1) is 21.3 Å². The molecule has 1 rings (SSSR count). The third-order valence-electron chi connectivity index (χ3n) is 3.08. The number of carbonyl (C=O) groups excluding carboxylic acids is 1. The highest BCUT2D eigenvalue weighted by Crippen LogP contribution is 2.32. The second-order valence-electron chi connectivity index (χ2n) is 4.89. The average Bonchev–Trinajstić information content (AvgIpc) is 2.40. The number of carbonyl (C=O) groups is 2. The highest BCUT2D eigenvalue weighted by atomic mass is 35.5. The summed E-state index contributed by atoms with van der Waals surface area (Å²) < 4.78 is 0. The van der Waals surface area contributed by atoms with Gasteiger partial charge in [-0.15, -0.1) is 0 Å². The molecule has 116 valence electrons. The normalized spacial score (nSPS) is 12.0. The monoisotopic (exact) mass is 332 g/mol. The van der Waals surface area contributed by atoms with Gasteiger partial charge in [0.25, 0.3) is 0 Å². The van der Waals surface area contributed by atoms with Gasteiger partial charge in [0.2, 0.25) is 5.91 Å². The lowest BCUT2D eigenvalue weighted by Crippen LogP contribution is -2.15. The van der Waals surface area contributed by atoms with Crippen molar-refractivity contribution >= 4 is 40.8 Å². The third kappa shape index (κ3) is 5.53. The van der Waals surface area contributed by atoms with E-state index in [1.807, 2.05) is 6.92 Å². The van der Waals surface area contributed by atoms with Crippen molar-refractivity contribution in [3.8, 4) is 0 Å². The number of hydrogen-bond donors (Lipinski definition) is 3. The number of carboxylic acids is 1. The van der Waals surface area contributed by atoms with Crippen LogP contribution in [0.4, 0.5) is 5.69 Å². The summed E-state index contributed by atoms with van der Waals surface area (Å²) in [5, 5.41) is 11.7. The maximum absolute atomic E-state index is 11.9. The number of anilines is 1. The minimum absolute atomic E-state index is 0.0282. The molecule has 0 fully saturated rings. The van der Waals surface area contributed by atoms with Crippen LogP contribution in [0, 0.1) is 5.92 Å². The topological polar surface area (TPSA) is 92.4 Å². The summed E-state index contributed by atoms with van der Waals surface area (Å²) in [6.07, 6.45) is 1.90. The van der Waals surface area contributed by atoms with Gasteiger partial charge in [0.15, 0.2) is 0 Å². The van der Waals surface area contributed by atoms with Crippen molar-refractivity contribution < 1.29 is 14.7 Å². The van der Waals surface area contributed by atoms with Crippen molar-refractivity contribution in [2.75, 3.05) is 11.9 Å². The summed E-state index contributed by atoms with van der Waals surface area (Å²) in [5.41, 5.74) is 5.66. The van der Waals surface area contributed by atoms with E-state index in [0.717, 1.165) is 6.42 Å². The zero-order valence-electron chi connectivity index (χ0n) is 11.7. The number of aromatic carboxylic acids is 1. The number of rotatable bonds is 7. The van der Waals surface area contributed by atoms with Gasteiger partial charge in [-0.2, -0.15) is 0 Å². The Morgan fingerprint density at radius 1 is 1.29 bits per heavy atom. The molecule has 5 nitrogen and oxygen atoms in total. The fraction of sp³-hybridized carbons (Fsp3) is 0.429. The van der Waals surface area contributed by atoms with E-state index in [4.69, 9.17) is 34.0 Å². The number of amides is 1. The van der Waals surface area contributed by atoms with Gasteiger partial charge in [0, 0.05) is 6.42 Å². The van der Waals surface area contributed by atoms with E-state index < -0.39 is 5.97 Å². The van der Waals surface area contributed by atoms with Crippen LogP contribution in [-0.2, 0) is 4.79 Å². The maximum Gasteiger partial charge on any atom is 0.335 e. The SMILES string of the molecule is CC(CCN)CCC(=O)Nc1c(Cl)cc(C(=O)O)cc1Cl. The molecule has 7 heteroatoms. The van der Waals surface area contributed by atoms with Crippen LogP contribution in [-0.4, -0.2) is 23.5 Å². The summed E-state index contributed by atoms with van der Waals surface area (Å²) >= 11 is 11.9. The average molecular weight is 333 g/mol. The van der Waals surface area contributed by atoms with Crippen LogP contribution in [0.25, 0.3) is 0 Å². The van der Waals surface area contributed by atoms with E-state index in [1.165, 1.54) is 12.1 Å². The van der Waals surface area contributed by atoms with Gasteiger partial charge in [-0.05, 0) is 37.4 Å². The van der Waals surface area contributed by atoms with Crippen molar-refractivity contribution in [3.05, 3.63) is 27.7 Å². The molecule has 0 radical (unpaired) electrons. The molecule has 0 aromatic heterocycles. The van der Waals surface area contributed by atoms with Crippen LogP contribution >= 0.6 is 23.2 Å². The summed E-state index contributed by atoms with van der Waals surface area (Å²) in [7, 11) is 0. The lowest BCUT2D eigenvalue weighted by Gasteiger charge is -2.12. The number of nitrogens with one attached hydrogen (secondary N) is 1. The maximum atomic E-state index is 11.9. The molecule has 1 amide bonds. The Bertz CT molecular complexity index is 512. The minimum atomic E-state index is -1.13. The van der Waals surface area contributed by atoms with Crippen molar-refractivity contribution in [2.24, 2.45) is 11.7 Å². The number of nitrogens with two attached hydrogens (primary N) is 1. The largest absolute Gasteiger partial charge is 0.478 e. The lowest BCUT2D eigenvalue weighted by atomic mass is 10.0. The lowest BCUT2D eigenvalue weighted by molar-refractivity contribution is -0.116. The molecule has 0 aliphatic heterocycles. The molecule has 1 unspecified atom stereocenters. The summed E-state index contributed by atoms with van der Waals surface area (Å²) in [6.45, 7) is 2.62. The molecule has 0 aliphatic rings. The Balaban J connectivity index is 2.70. The first-order chi connectivity index (χ1) is 9.85. The van der Waals surface area contributed by atoms with Crippen LogP contribution in [0.5, 0.6) is 0 Å². The molecule has 0 heterocycles. The molecule has 1 aromatic carbocycles. The Hall–Kier alpha value is -1.30. The van der Waals surface area contributed by atoms with Gasteiger partial charge in [0.1, 0.15) is 0 Å². The van der Waals surface area contributed by atoms with Crippen molar-refractivity contribution in [1.29, 1.82) is 0 Å². The van der Waals surface area contributed by atoms with E-state index in [1.54, 1.807) is 0 Å². The van der Waals surface area contributed by atoms with E-state index in [-0.39, 0.29) is 27.2 Å². The van der Waals surface area contributed by atoms with Gasteiger partial charge in [-0.3, -0.25) is 4.79 Å². The van der Waals surface area contributed by atoms with Crippen LogP contribution in [0.1, 0.15) is 36.5 Å². The van der Waals surface area contributed by atoms with E-state index in [9.17, 15) is 9.59 Å². The molecule has 0 saturated heterocycles. The zero-order chi connectivity index (χ0) is 16.0. The van der Waals surface area contributed by atoms with E-state index in [0.29, 0.717) is 25.3 Å². The van der Waals surface area contributed by atoms with Crippen molar-refractivity contribution in [3.63, 3.8) is 0 Å². The second kappa shape index (κ2) is 8.22. The molecule has 1 aromatic rings. The summed E-state index contributed by atoms with van der Waals surface area (Å²) in [6, 6.07) is 2.50. The fourth-order valence-corrected chi connectivity index (χ4v) is 2.41. The Morgan fingerprint density at radius 3 is 2.33 bits per heavy atom. The minimum Gasteiger partial charge on any atom is -0.478 e. The highest BCUT2D eigenvalue weighted by Gasteiger charge is 2.15. The standard InChI is InChI=1S/C14H18Cl2N2O3/c1-8(4-5-17)2-3-12(19)18-13-10(15)6-9(14(20)21)7-11(13)16/h6-8H,2-5,17H2,1H3,(H,18,19)(H,20,21). The number of hydrogen-bond acceptors (Lipinski definition) is 3. The van der Waals surface area contributed by atoms with Crippen LogP contribution in [0.2, 0.25) is 10.0 Å². The van der Waals surface area contributed by atoms with E-state index in [2.05, 4.69) is 5.32 Å². The van der Waals surface area contributed by atoms with Gasteiger partial charge in [-0.25, -0.2) is 4.79 Å². The van der Waals surface area contributed by atoms with Gasteiger partial charge >= 0.3 is 5.97 Å². The molecule has 0 saturated carbocycles. The van der Waals surface area contributed by atoms with Gasteiger partial charge in [-0.1, -0.05) is 30.1 Å². The van der Waals surface area contributed by atoms with Crippen LogP contribution in [0.3, 0.4) is 0 Å². The fourth-order valence-electron chi connectivity index (χ4n) is 1.82. The van der Waals surface area contributed by atoms with Crippen LogP contribution in [0.15, 0.2) is 12.1 Å². The Morgan fingerprint density at radius 2 is 1.86 bits per heavy atom. The number of halogens is 2. The quantitative estimate of drug-likeness (QED) is 0.713. The van der Waals surface area contributed by atoms with Crippen molar-refractivity contribution in [1.82, 2.24) is 0 Å². The predicted octanol–water partition coefficient (Wildman–Crippen LogP) is 3.40. The number of benzene rings is 1. The van der Waals surface area contributed by atoms with Gasteiger partial charge < -0.3 is 16.2 Å². The molecule has 0 aliphatic carbocycles. The molecule has 21 heavy (non-hydrogen) atoms. The molecule has 0 bridgehead atoms. The predicted molar refractivity (Wildman–Crippen MR) is 84.1 cm³/mol. The Labute approximate surface area is 133 Å². The smallest absolute Gasteiger partial charge is 0.335 e. The molecule has 1 atom stereocenters. The first-order valence-electron chi connectivity index (χ1n) is 6.57. The third-order valence-corrected chi connectivity index (χ3v) is 3.67. The molecule has 4 N–H and O–H groups in total. The first kappa shape index (κ1) is 17.8. The summed E-state index contributed by atoms with van der Waals surface area (Å²) in [4.78, 5) is 22.7. The Kier molecular flexibility index (Phi) is 6.95. The molecule has 0 spiro atoms. The van der Waals surface area contributed by atoms with Crippen molar-refractivity contribution in [2.45, 2.75) is 26.2 Å². The second-order valence-corrected chi connectivity index (χ2v) is 5.70. The first-order valence-corrected chi connectivity index (χ1v) is 7.33. The van der Waals surface area contributed by atoms with Crippen LogP contribution < -0.4 is 11.1 Å². The number of carboxylic acid groups (broad SMARTS) is 1. The highest BCUT2D eigenvalue weighted by molar-refractivity contribution is 6.40. The molecular weight excluding hydrogens is 315 g/mol.